The van der Waals surface area contributed by atoms with Crippen molar-refractivity contribution in [1.29, 1.82) is 0 Å². The van der Waals surface area contributed by atoms with E-state index in [-0.39, 0.29) is 16.2 Å². The predicted octanol–water partition coefficient (Wildman–Crippen LogP) is 2.14. The lowest BCUT2D eigenvalue weighted by atomic mass is 10.1. The summed E-state index contributed by atoms with van der Waals surface area (Å²) in [5.74, 6) is -0.614. The third-order valence-electron chi connectivity index (χ3n) is 3.50. The van der Waals surface area contributed by atoms with Gasteiger partial charge in [0.05, 0.1) is 16.2 Å². The van der Waals surface area contributed by atoms with Crippen LogP contribution in [-0.2, 0) is 9.84 Å². The molecule has 0 saturated heterocycles. The van der Waals surface area contributed by atoms with Gasteiger partial charge < -0.3 is 10.0 Å². The first-order valence-corrected chi connectivity index (χ1v) is 8.66. The minimum absolute atomic E-state index is 0.0102. The van der Waals surface area contributed by atoms with Crippen molar-refractivity contribution in [3.8, 4) is 0 Å². The molecule has 0 aliphatic rings. The Morgan fingerprint density at radius 1 is 1.38 bits per heavy atom. The normalized spacial score (nSPS) is 13.3. The Labute approximate surface area is 126 Å². The maximum Gasteiger partial charge on any atom is 0.335 e. The lowest BCUT2D eigenvalue weighted by molar-refractivity contribution is 0.0696. The van der Waals surface area contributed by atoms with E-state index in [4.69, 9.17) is 5.11 Å². The molecule has 5 nitrogen and oxygen atoms in total. The van der Waals surface area contributed by atoms with Crippen molar-refractivity contribution in [2.75, 3.05) is 25.9 Å². The maximum absolute atomic E-state index is 12.2. The van der Waals surface area contributed by atoms with Crippen LogP contribution in [0.3, 0.4) is 0 Å². The Morgan fingerprint density at radius 3 is 2.62 bits per heavy atom. The molecule has 0 spiro atoms. The summed E-state index contributed by atoms with van der Waals surface area (Å²) in [7, 11) is -1.56. The second-order valence-electron chi connectivity index (χ2n) is 5.43. The number of aromatic carboxylic acids is 1. The first kappa shape index (κ1) is 17.7. The third kappa shape index (κ3) is 5.47. The highest BCUT2D eigenvalue weighted by molar-refractivity contribution is 7.91. The van der Waals surface area contributed by atoms with Crippen molar-refractivity contribution in [3.63, 3.8) is 0 Å². The van der Waals surface area contributed by atoms with Crippen molar-refractivity contribution in [3.05, 3.63) is 29.8 Å². The van der Waals surface area contributed by atoms with E-state index >= 15 is 0 Å². The number of nitrogens with zero attached hydrogens (tertiary/aromatic N) is 1. The minimum atomic E-state index is -3.46. The van der Waals surface area contributed by atoms with Crippen molar-refractivity contribution < 1.29 is 18.3 Å². The van der Waals surface area contributed by atoms with Crippen molar-refractivity contribution in [2.45, 2.75) is 25.2 Å². The monoisotopic (exact) mass is 313 g/mol. The molecule has 0 amide bonds. The van der Waals surface area contributed by atoms with Gasteiger partial charge in [-0.05, 0) is 31.2 Å². The summed E-state index contributed by atoms with van der Waals surface area (Å²) >= 11 is 0. The second kappa shape index (κ2) is 7.56. The lowest BCUT2D eigenvalue weighted by Gasteiger charge is -2.20. The van der Waals surface area contributed by atoms with E-state index < -0.39 is 15.8 Å². The van der Waals surface area contributed by atoms with Crippen LogP contribution in [0.4, 0.5) is 0 Å². The maximum atomic E-state index is 12.2. The zero-order chi connectivity index (χ0) is 16.0. The van der Waals surface area contributed by atoms with Crippen LogP contribution in [-0.4, -0.2) is 50.3 Å². The fraction of sp³-hybridized carbons (Fsp3) is 0.533. The van der Waals surface area contributed by atoms with Gasteiger partial charge in [0, 0.05) is 13.1 Å². The second-order valence-corrected chi connectivity index (χ2v) is 7.54. The van der Waals surface area contributed by atoms with Crippen molar-refractivity contribution >= 4 is 15.8 Å². The van der Waals surface area contributed by atoms with Gasteiger partial charge in [0.1, 0.15) is 0 Å². The van der Waals surface area contributed by atoms with E-state index in [1.54, 1.807) is 0 Å². The lowest BCUT2D eigenvalue weighted by Crippen LogP contribution is -2.29. The number of rotatable bonds is 8. The van der Waals surface area contributed by atoms with Gasteiger partial charge in [0.15, 0.2) is 9.84 Å². The van der Waals surface area contributed by atoms with Crippen LogP contribution in [0, 0.1) is 5.92 Å². The third-order valence-corrected chi connectivity index (χ3v) is 5.19. The highest BCUT2D eigenvalue weighted by Crippen LogP contribution is 2.14. The molecule has 1 N–H and O–H groups in total. The molecule has 0 fully saturated rings. The summed E-state index contributed by atoms with van der Waals surface area (Å²) in [6, 6.07) is 5.50. The summed E-state index contributed by atoms with van der Waals surface area (Å²) in [5.41, 5.74) is -0.0102. The first-order chi connectivity index (χ1) is 9.76. The van der Waals surface area contributed by atoms with Crippen LogP contribution in [0.1, 0.15) is 30.6 Å². The molecule has 1 rings (SSSR count). The highest BCUT2D eigenvalue weighted by atomic mass is 32.2. The summed E-state index contributed by atoms with van der Waals surface area (Å²) < 4.78 is 24.5. The molecule has 0 heterocycles. The standard InChI is InChI=1S/C15H23NO4S/c1-4-12(2)11-16(3)8-9-21(19,20)14-7-5-6-13(10-14)15(17)18/h5-7,10,12H,4,8-9,11H2,1-3H3,(H,17,18). The Hall–Kier alpha value is -1.40. The Bertz CT molecular complexity index is 583. The quantitative estimate of drug-likeness (QED) is 0.796. The van der Waals surface area contributed by atoms with E-state index in [1.807, 2.05) is 11.9 Å². The Kier molecular flexibility index (Phi) is 6.36. The largest absolute Gasteiger partial charge is 0.478 e. The summed E-state index contributed by atoms with van der Waals surface area (Å²) in [4.78, 5) is 13.0. The molecule has 6 heteroatoms. The number of hydrogen-bond donors (Lipinski definition) is 1. The van der Waals surface area contributed by atoms with Gasteiger partial charge in [-0.15, -0.1) is 0 Å². The van der Waals surface area contributed by atoms with Gasteiger partial charge in [0.25, 0.3) is 0 Å². The molecule has 0 aliphatic heterocycles. The van der Waals surface area contributed by atoms with Gasteiger partial charge in [0.2, 0.25) is 0 Å². The predicted molar refractivity (Wildman–Crippen MR) is 82.4 cm³/mol. The SMILES string of the molecule is CCC(C)CN(C)CCS(=O)(=O)c1cccc(C(=O)O)c1. The molecule has 0 bridgehead atoms. The molecule has 0 saturated carbocycles. The average molecular weight is 313 g/mol. The summed E-state index contributed by atoms with van der Waals surface area (Å²) in [6.45, 7) is 5.51. The molecular weight excluding hydrogens is 290 g/mol. The molecular formula is C15H23NO4S. The molecule has 0 radical (unpaired) electrons. The molecule has 21 heavy (non-hydrogen) atoms. The molecule has 1 atom stereocenters. The zero-order valence-corrected chi connectivity index (χ0v) is 13.6. The molecule has 1 unspecified atom stereocenters. The molecule has 0 aromatic heterocycles. The van der Waals surface area contributed by atoms with Crippen molar-refractivity contribution in [1.82, 2.24) is 4.90 Å². The van der Waals surface area contributed by atoms with Crippen LogP contribution in [0.2, 0.25) is 0 Å². The Morgan fingerprint density at radius 2 is 2.05 bits per heavy atom. The number of hydrogen-bond acceptors (Lipinski definition) is 4. The van der Waals surface area contributed by atoms with Crippen LogP contribution in [0.25, 0.3) is 0 Å². The van der Waals surface area contributed by atoms with Gasteiger partial charge in [-0.25, -0.2) is 13.2 Å². The number of carboxylic acids is 1. The van der Waals surface area contributed by atoms with Gasteiger partial charge in [-0.2, -0.15) is 0 Å². The van der Waals surface area contributed by atoms with Gasteiger partial charge in [-0.1, -0.05) is 26.3 Å². The van der Waals surface area contributed by atoms with Crippen LogP contribution in [0.5, 0.6) is 0 Å². The number of sulfone groups is 1. The van der Waals surface area contributed by atoms with E-state index in [0.29, 0.717) is 12.5 Å². The molecule has 1 aromatic rings. The minimum Gasteiger partial charge on any atom is -0.478 e. The summed E-state index contributed by atoms with van der Waals surface area (Å²) in [5, 5.41) is 8.92. The van der Waals surface area contributed by atoms with E-state index in [1.165, 1.54) is 24.3 Å². The smallest absolute Gasteiger partial charge is 0.335 e. The highest BCUT2D eigenvalue weighted by Gasteiger charge is 2.17. The Balaban J connectivity index is 2.73. The number of benzene rings is 1. The van der Waals surface area contributed by atoms with Crippen LogP contribution >= 0.6 is 0 Å². The van der Waals surface area contributed by atoms with E-state index in [2.05, 4.69) is 13.8 Å². The molecule has 1 aromatic carbocycles. The van der Waals surface area contributed by atoms with Crippen LogP contribution < -0.4 is 0 Å². The molecule has 118 valence electrons. The fourth-order valence-electron chi connectivity index (χ4n) is 1.97. The molecule has 0 aliphatic carbocycles. The first-order valence-electron chi connectivity index (χ1n) is 7.01. The van der Waals surface area contributed by atoms with Gasteiger partial charge >= 0.3 is 5.97 Å². The van der Waals surface area contributed by atoms with Crippen molar-refractivity contribution in [2.24, 2.45) is 5.92 Å². The van der Waals surface area contributed by atoms with E-state index in [9.17, 15) is 13.2 Å². The van der Waals surface area contributed by atoms with E-state index in [0.717, 1.165) is 13.0 Å². The van der Waals surface area contributed by atoms with Gasteiger partial charge in [-0.3, -0.25) is 0 Å². The zero-order valence-electron chi connectivity index (χ0n) is 12.7. The number of carbonyl (C=O) groups is 1. The van der Waals surface area contributed by atoms with Crippen LogP contribution in [0.15, 0.2) is 29.2 Å². The topological polar surface area (TPSA) is 74.7 Å². The fourth-order valence-corrected chi connectivity index (χ4v) is 3.35. The summed E-state index contributed by atoms with van der Waals surface area (Å²) in [6.07, 6.45) is 1.05. The number of carboxylic acid groups (broad SMARTS) is 1. The average Bonchev–Trinajstić information content (AvgIpc) is 2.45.